The predicted octanol–water partition coefficient (Wildman–Crippen LogP) is 3.28. The third-order valence-electron chi connectivity index (χ3n) is 4.51. The standard InChI is InChI=1S/C21H22N2O4/c1-3-27-19-10-8-18(9-11-19)23-13-16(12-20(23)25)21(26)22-17-6-4-15(5-7-17)14(2)24/h4-11,16H,3,12-13H2,1-2H3,(H,22,26)/t16-/m0/s1. The lowest BCUT2D eigenvalue weighted by Crippen LogP contribution is -2.28. The summed E-state index contributed by atoms with van der Waals surface area (Å²) in [6, 6.07) is 14.0. The maximum absolute atomic E-state index is 12.5. The molecule has 6 heteroatoms. The molecule has 2 aromatic rings. The van der Waals surface area contributed by atoms with E-state index in [0.717, 1.165) is 11.4 Å². The maximum atomic E-state index is 12.5. The molecular formula is C21H22N2O4. The van der Waals surface area contributed by atoms with E-state index in [0.29, 0.717) is 24.4 Å². The van der Waals surface area contributed by atoms with E-state index in [-0.39, 0.29) is 24.0 Å². The largest absolute Gasteiger partial charge is 0.494 e. The first kappa shape index (κ1) is 18.6. The summed E-state index contributed by atoms with van der Waals surface area (Å²) in [5.74, 6) is 0.0200. The van der Waals surface area contributed by atoms with Gasteiger partial charge in [0.2, 0.25) is 11.8 Å². The normalized spacial score (nSPS) is 16.3. The van der Waals surface area contributed by atoms with Crippen LogP contribution in [0.15, 0.2) is 48.5 Å². The van der Waals surface area contributed by atoms with Gasteiger partial charge >= 0.3 is 0 Å². The Kier molecular flexibility index (Phi) is 5.54. The molecule has 1 aliphatic rings. The lowest BCUT2D eigenvalue weighted by molar-refractivity contribution is -0.122. The Labute approximate surface area is 158 Å². The van der Waals surface area contributed by atoms with Crippen LogP contribution in [0.4, 0.5) is 11.4 Å². The van der Waals surface area contributed by atoms with Crippen molar-refractivity contribution >= 4 is 29.0 Å². The Balaban J connectivity index is 1.63. The molecule has 0 aromatic heterocycles. The summed E-state index contributed by atoms with van der Waals surface area (Å²) in [5, 5.41) is 2.82. The number of ketones is 1. The van der Waals surface area contributed by atoms with E-state index >= 15 is 0 Å². The highest BCUT2D eigenvalue weighted by atomic mass is 16.5. The summed E-state index contributed by atoms with van der Waals surface area (Å²) in [7, 11) is 0. The second-order valence-corrected chi connectivity index (χ2v) is 6.46. The molecule has 0 saturated carbocycles. The molecule has 6 nitrogen and oxygen atoms in total. The van der Waals surface area contributed by atoms with Gasteiger partial charge in [0.05, 0.1) is 12.5 Å². The number of carbonyl (C=O) groups excluding carboxylic acids is 3. The molecule has 3 rings (SSSR count). The summed E-state index contributed by atoms with van der Waals surface area (Å²) < 4.78 is 5.41. The van der Waals surface area contributed by atoms with E-state index in [1.54, 1.807) is 29.2 Å². The lowest BCUT2D eigenvalue weighted by atomic mass is 10.1. The first-order valence-corrected chi connectivity index (χ1v) is 8.93. The van der Waals surface area contributed by atoms with Gasteiger partial charge in [-0.05, 0) is 62.4 Å². The van der Waals surface area contributed by atoms with Gasteiger partial charge in [0, 0.05) is 29.9 Å². The minimum atomic E-state index is -0.420. The summed E-state index contributed by atoms with van der Waals surface area (Å²) >= 11 is 0. The fourth-order valence-electron chi connectivity index (χ4n) is 3.05. The van der Waals surface area contributed by atoms with Crippen molar-refractivity contribution in [3.05, 3.63) is 54.1 Å². The molecule has 2 aromatic carbocycles. The number of hydrogen-bond acceptors (Lipinski definition) is 4. The molecule has 1 atom stereocenters. The molecule has 27 heavy (non-hydrogen) atoms. The third kappa shape index (κ3) is 4.34. The molecule has 1 saturated heterocycles. The Morgan fingerprint density at radius 2 is 1.78 bits per heavy atom. The van der Waals surface area contributed by atoms with Crippen molar-refractivity contribution in [3.63, 3.8) is 0 Å². The molecule has 1 N–H and O–H groups in total. The average Bonchev–Trinajstić information content (AvgIpc) is 3.05. The van der Waals surface area contributed by atoms with Gasteiger partial charge in [-0.1, -0.05) is 0 Å². The van der Waals surface area contributed by atoms with E-state index < -0.39 is 5.92 Å². The topological polar surface area (TPSA) is 75.7 Å². The quantitative estimate of drug-likeness (QED) is 0.796. The highest BCUT2D eigenvalue weighted by Crippen LogP contribution is 2.27. The van der Waals surface area contributed by atoms with Gasteiger partial charge in [-0.2, -0.15) is 0 Å². The Hall–Kier alpha value is -3.15. The third-order valence-corrected chi connectivity index (χ3v) is 4.51. The molecule has 0 spiro atoms. The van der Waals surface area contributed by atoms with Gasteiger partial charge in [0.1, 0.15) is 5.75 Å². The van der Waals surface area contributed by atoms with Gasteiger partial charge < -0.3 is 15.0 Å². The first-order chi connectivity index (χ1) is 13.0. The van der Waals surface area contributed by atoms with Crippen molar-refractivity contribution in [2.75, 3.05) is 23.4 Å². The van der Waals surface area contributed by atoms with Crippen LogP contribution in [0.2, 0.25) is 0 Å². The number of nitrogens with one attached hydrogen (secondary N) is 1. The average molecular weight is 366 g/mol. The van der Waals surface area contributed by atoms with Gasteiger partial charge in [-0.25, -0.2) is 0 Å². The first-order valence-electron chi connectivity index (χ1n) is 8.93. The van der Waals surface area contributed by atoms with Crippen molar-refractivity contribution in [2.24, 2.45) is 5.92 Å². The predicted molar refractivity (Wildman–Crippen MR) is 103 cm³/mol. The zero-order valence-corrected chi connectivity index (χ0v) is 15.4. The van der Waals surface area contributed by atoms with E-state index in [9.17, 15) is 14.4 Å². The van der Waals surface area contributed by atoms with Gasteiger partial charge in [-0.15, -0.1) is 0 Å². The molecule has 0 unspecified atom stereocenters. The van der Waals surface area contributed by atoms with Crippen LogP contribution in [0.1, 0.15) is 30.6 Å². The minimum Gasteiger partial charge on any atom is -0.494 e. The molecule has 2 amide bonds. The zero-order valence-electron chi connectivity index (χ0n) is 15.4. The molecule has 1 heterocycles. The molecule has 0 aliphatic carbocycles. The number of rotatable bonds is 6. The lowest BCUT2D eigenvalue weighted by Gasteiger charge is -2.17. The molecular weight excluding hydrogens is 344 g/mol. The number of anilines is 2. The fourth-order valence-corrected chi connectivity index (χ4v) is 3.05. The monoisotopic (exact) mass is 366 g/mol. The Bertz CT molecular complexity index is 843. The van der Waals surface area contributed by atoms with E-state index in [1.165, 1.54) is 6.92 Å². The van der Waals surface area contributed by atoms with Gasteiger partial charge in [0.25, 0.3) is 0 Å². The number of nitrogens with zero attached hydrogens (tertiary/aromatic N) is 1. The van der Waals surface area contributed by atoms with Gasteiger partial charge in [0.15, 0.2) is 5.78 Å². The van der Waals surface area contributed by atoms with Crippen LogP contribution in [-0.2, 0) is 9.59 Å². The Morgan fingerprint density at radius 1 is 1.11 bits per heavy atom. The number of ether oxygens (including phenoxy) is 1. The molecule has 0 bridgehead atoms. The van der Waals surface area contributed by atoms with E-state index in [4.69, 9.17) is 4.74 Å². The number of benzene rings is 2. The maximum Gasteiger partial charge on any atom is 0.229 e. The van der Waals surface area contributed by atoms with Crippen LogP contribution in [-0.4, -0.2) is 30.7 Å². The SMILES string of the molecule is CCOc1ccc(N2C[C@@H](C(=O)Nc3ccc(C(C)=O)cc3)CC2=O)cc1. The molecule has 1 aliphatic heterocycles. The summed E-state index contributed by atoms with van der Waals surface area (Å²) in [4.78, 5) is 37.8. The smallest absolute Gasteiger partial charge is 0.229 e. The van der Waals surface area contributed by atoms with Crippen molar-refractivity contribution < 1.29 is 19.1 Å². The molecule has 140 valence electrons. The van der Waals surface area contributed by atoms with E-state index in [2.05, 4.69) is 5.32 Å². The Morgan fingerprint density at radius 3 is 2.37 bits per heavy atom. The number of amides is 2. The second-order valence-electron chi connectivity index (χ2n) is 6.46. The van der Waals surface area contributed by atoms with Crippen LogP contribution >= 0.6 is 0 Å². The van der Waals surface area contributed by atoms with Crippen LogP contribution < -0.4 is 15.0 Å². The number of Topliss-reactive ketones (excluding diaryl/α,β-unsaturated/α-hetero) is 1. The second kappa shape index (κ2) is 8.03. The number of hydrogen-bond donors (Lipinski definition) is 1. The highest BCUT2D eigenvalue weighted by molar-refractivity contribution is 6.03. The van der Waals surface area contributed by atoms with Crippen LogP contribution in [0.25, 0.3) is 0 Å². The van der Waals surface area contributed by atoms with Crippen molar-refractivity contribution in [1.82, 2.24) is 0 Å². The van der Waals surface area contributed by atoms with Crippen LogP contribution in [0.5, 0.6) is 5.75 Å². The van der Waals surface area contributed by atoms with Crippen molar-refractivity contribution in [3.8, 4) is 5.75 Å². The van der Waals surface area contributed by atoms with E-state index in [1.807, 2.05) is 31.2 Å². The van der Waals surface area contributed by atoms with Crippen molar-refractivity contribution in [2.45, 2.75) is 20.3 Å². The fraction of sp³-hybridized carbons (Fsp3) is 0.286. The number of carbonyl (C=O) groups is 3. The molecule has 0 radical (unpaired) electrons. The van der Waals surface area contributed by atoms with Crippen molar-refractivity contribution in [1.29, 1.82) is 0 Å². The summed E-state index contributed by atoms with van der Waals surface area (Å²) in [6.07, 6.45) is 0.171. The van der Waals surface area contributed by atoms with Gasteiger partial charge in [-0.3, -0.25) is 14.4 Å². The molecule has 1 fully saturated rings. The van der Waals surface area contributed by atoms with Crippen LogP contribution in [0, 0.1) is 5.92 Å². The highest BCUT2D eigenvalue weighted by Gasteiger charge is 2.35. The minimum absolute atomic E-state index is 0.0275. The zero-order chi connectivity index (χ0) is 19.4. The van der Waals surface area contributed by atoms with Crippen LogP contribution in [0.3, 0.4) is 0 Å². The summed E-state index contributed by atoms with van der Waals surface area (Å²) in [5.41, 5.74) is 1.95. The summed E-state index contributed by atoms with van der Waals surface area (Å²) in [6.45, 7) is 4.32.